The highest BCUT2D eigenvalue weighted by atomic mass is 79.9. The van der Waals surface area contributed by atoms with E-state index in [2.05, 4.69) is 26.4 Å². The number of nitrogens with zero attached hydrogens (tertiary/aromatic N) is 1. The fourth-order valence-corrected chi connectivity index (χ4v) is 2.28. The van der Waals surface area contributed by atoms with Gasteiger partial charge in [-0.05, 0) is 25.0 Å². The molecule has 0 bridgehead atoms. The molecule has 1 aromatic carbocycles. The van der Waals surface area contributed by atoms with Gasteiger partial charge in [-0.2, -0.15) is 0 Å². The van der Waals surface area contributed by atoms with Crippen molar-refractivity contribution in [3.8, 4) is 0 Å². The lowest BCUT2D eigenvalue weighted by Crippen LogP contribution is -2.36. The van der Waals surface area contributed by atoms with Crippen LogP contribution in [-0.4, -0.2) is 23.8 Å². The number of hydrogen-bond acceptors (Lipinski definition) is 3. The number of hydrogen-bond donors (Lipinski definition) is 1. The summed E-state index contributed by atoms with van der Waals surface area (Å²) in [5.41, 5.74) is 1.82. The van der Waals surface area contributed by atoms with Crippen molar-refractivity contribution in [3.63, 3.8) is 0 Å². The van der Waals surface area contributed by atoms with E-state index in [-0.39, 0.29) is 5.91 Å². The van der Waals surface area contributed by atoms with Crippen LogP contribution >= 0.6 is 15.9 Å². The van der Waals surface area contributed by atoms with E-state index in [1.54, 1.807) is 0 Å². The number of benzene rings is 1. The normalized spacial score (nSPS) is 22.3. The van der Waals surface area contributed by atoms with Gasteiger partial charge in [-0.1, -0.05) is 33.2 Å². The van der Waals surface area contributed by atoms with Crippen LogP contribution in [-0.2, 0) is 9.63 Å². The largest absolute Gasteiger partial charge is 0.382 e. The second-order valence-electron chi connectivity index (χ2n) is 4.63. The topological polar surface area (TPSA) is 50.7 Å². The molecule has 94 valence electrons. The summed E-state index contributed by atoms with van der Waals surface area (Å²) in [7, 11) is 0. The van der Waals surface area contributed by atoms with Crippen molar-refractivity contribution < 1.29 is 9.63 Å². The minimum Gasteiger partial charge on any atom is -0.382 e. The van der Waals surface area contributed by atoms with Gasteiger partial charge >= 0.3 is 0 Å². The van der Waals surface area contributed by atoms with E-state index in [0.29, 0.717) is 12.5 Å². The van der Waals surface area contributed by atoms with Gasteiger partial charge in [0.25, 0.3) is 5.91 Å². The third-order valence-corrected chi connectivity index (χ3v) is 3.54. The van der Waals surface area contributed by atoms with E-state index in [1.165, 1.54) is 0 Å². The molecule has 1 fully saturated rings. The Kier molecular flexibility index (Phi) is 3.07. The number of oxime groups is 1. The molecule has 0 spiro atoms. The molecule has 0 saturated heterocycles. The van der Waals surface area contributed by atoms with E-state index in [9.17, 15) is 4.79 Å². The SMILES string of the molecule is O=C(NC1CC1)[C@@H]1CC(c2cccc(Br)c2)=NO1. The predicted octanol–water partition coefficient (Wildman–Crippen LogP) is 2.22. The van der Waals surface area contributed by atoms with Crippen LogP contribution in [0, 0.1) is 0 Å². The molecule has 4 nitrogen and oxygen atoms in total. The fourth-order valence-electron chi connectivity index (χ4n) is 1.88. The molecule has 1 aromatic rings. The van der Waals surface area contributed by atoms with Gasteiger partial charge in [-0.3, -0.25) is 4.79 Å². The zero-order chi connectivity index (χ0) is 12.5. The minimum absolute atomic E-state index is 0.0498. The first kappa shape index (κ1) is 11.7. The van der Waals surface area contributed by atoms with Crippen molar-refractivity contribution >= 4 is 27.5 Å². The average Bonchev–Trinajstić information content (AvgIpc) is 3.03. The number of nitrogens with one attached hydrogen (secondary N) is 1. The van der Waals surface area contributed by atoms with Gasteiger partial charge in [0.15, 0.2) is 0 Å². The molecule has 0 aromatic heterocycles. The first-order valence-corrected chi connectivity index (χ1v) is 6.81. The van der Waals surface area contributed by atoms with Gasteiger partial charge in [-0.15, -0.1) is 0 Å². The smallest absolute Gasteiger partial charge is 0.264 e. The lowest BCUT2D eigenvalue weighted by molar-refractivity contribution is -0.131. The highest BCUT2D eigenvalue weighted by molar-refractivity contribution is 9.10. The number of carbonyl (C=O) groups excluding carboxylic acids is 1. The Bertz CT molecular complexity index is 511. The summed E-state index contributed by atoms with van der Waals surface area (Å²) >= 11 is 3.42. The number of halogens is 1. The first-order valence-electron chi connectivity index (χ1n) is 6.01. The van der Waals surface area contributed by atoms with Gasteiger partial charge in [0, 0.05) is 22.5 Å². The van der Waals surface area contributed by atoms with Crippen molar-refractivity contribution in [2.45, 2.75) is 31.4 Å². The highest BCUT2D eigenvalue weighted by Crippen LogP contribution is 2.22. The van der Waals surface area contributed by atoms with Gasteiger partial charge in [0.05, 0.1) is 5.71 Å². The molecule has 1 saturated carbocycles. The van der Waals surface area contributed by atoms with Crippen LogP contribution in [0.4, 0.5) is 0 Å². The number of carbonyl (C=O) groups is 1. The first-order chi connectivity index (χ1) is 8.72. The van der Waals surface area contributed by atoms with Crippen LogP contribution in [0.5, 0.6) is 0 Å². The van der Waals surface area contributed by atoms with Gasteiger partial charge in [0.1, 0.15) is 0 Å². The molecular formula is C13H13BrN2O2. The van der Waals surface area contributed by atoms with Crippen molar-refractivity contribution in [3.05, 3.63) is 34.3 Å². The molecule has 1 amide bonds. The molecule has 1 N–H and O–H groups in total. The Morgan fingerprint density at radius 2 is 2.28 bits per heavy atom. The Balaban J connectivity index is 1.65. The van der Waals surface area contributed by atoms with Crippen LogP contribution in [0.2, 0.25) is 0 Å². The lowest BCUT2D eigenvalue weighted by Gasteiger charge is -2.08. The fraction of sp³-hybridized carbons (Fsp3) is 0.385. The van der Waals surface area contributed by atoms with Crippen LogP contribution < -0.4 is 5.32 Å². The number of rotatable bonds is 3. The summed E-state index contributed by atoms with van der Waals surface area (Å²) in [6.07, 6.45) is 2.23. The molecule has 1 heterocycles. The van der Waals surface area contributed by atoms with E-state index in [4.69, 9.17) is 4.84 Å². The van der Waals surface area contributed by atoms with Crippen LogP contribution in [0.25, 0.3) is 0 Å². The van der Waals surface area contributed by atoms with Gasteiger partial charge in [-0.25, -0.2) is 0 Å². The van der Waals surface area contributed by atoms with Gasteiger partial charge < -0.3 is 10.2 Å². The molecule has 0 radical (unpaired) electrons. The second-order valence-corrected chi connectivity index (χ2v) is 5.55. The zero-order valence-corrected chi connectivity index (χ0v) is 11.3. The van der Waals surface area contributed by atoms with E-state index in [1.807, 2.05) is 24.3 Å². The van der Waals surface area contributed by atoms with Gasteiger partial charge in [0.2, 0.25) is 6.10 Å². The van der Waals surface area contributed by atoms with E-state index >= 15 is 0 Å². The maximum absolute atomic E-state index is 11.8. The predicted molar refractivity (Wildman–Crippen MR) is 71.3 cm³/mol. The molecule has 5 heteroatoms. The van der Waals surface area contributed by atoms with Crippen molar-refractivity contribution in [2.24, 2.45) is 5.16 Å². The Morgan fingerprint density at radius 1 is 1.44 bits per heavy atom. The van der Waals surface area contributed by atoms with E-state index < -0.39 is 6.10 Å². The quantitative estimate of drug-likeness (QED) is 0.931. The molecule has 18 heavy (non-hydrogen) atoms. The van der Waals surface area contributed by atoms with Crippen molar-refractivity contribution in [1.82, 2.24) is 5.32 Å². The summed E-state index contributed by atoms with van der Waals surface area (Å²) in [5.74, 6) is -0.0498. The molecule has 1 atom stereocenters. The minimum atomic E-state index is -0.473. The Labute approximate surface area is 114 Å². The number of amides is 1. The molecule has 2 aliphatic rings. The summed E-state index contributed by atoms with van der Waals surface area (Å²) in [5, 5.41) is 6.94. The van der Waals surface area contributed by atoms with Crippen LogP contribution in [0.3, 0.4) is 0 Å². The third-order valence-electron chi connectivity index (χ3n) is 3.04. The summed E-state index contributed by atoms with van der Waals surface area (Å²) < 4.78 is 0.994. The molecular weight excluding hydrogens is 296 g/mol. The zero-order valence-electron chi connectivity index (χ0n) is 9.73. The maximum Gasteiger partial charge on any atom is 0.264 e. The molecule has 1 aliphatic heterocycles. The molecule has 3 rings (SSSR count). The standard InChI is InChI=1S/C13H13BrN2O2/c14-9-3-1-2-8(6-9)11-7-12(18-16-11)13(17)15-10-4-5-10/h1-3,6,10,12H,4-5,7H2,(H,15,17)/t12-/m0/s1. The Hall–Kier alpha value is -1.36. The summed E-state index contributed by atoms with van der Waals surface area (Å²) in [6.45, 7) is 0. The summed E-state index contributed by atoms with van der Waals surface area (Å²) in [4.78, 5) is 17.0. The highest BCUT2D eigenvalue weighted by Gasteiger charge is 2.32. The third kappa shape index (κ3) is 2.56. The van der Waals surface area contributed by atoms with E-state index in [0.717, 1.165) is 28.6 Å². The molecule has 0 unspecified atom stereocenters. The van der Waals surface area contributed by atoms with Crippen LogP contribution in [0.15, 0.2) is 33.9 Å². The molecule has 1 aliphatic carbocycles. The second kappa shape index (κ2) is 4.72. The van der Waals surface area contributed by atoms with Crippen molar-refractivity contribution in [2.75, 3.05) is 0 Å². The average molecular weight is 309 g/mol. The lowest BCUT2D eigenvalue weighted by atomic mass is 10.0. The monoisotopic (exact) mass is 308 g/mol. The Morgan fingerprint density at radius 3 is 3.00 bits per heavy atom. The van der Waals surface area contributed by atoms with Crippen molar-refractivity contribution in [1.29, 1.82) is 0 Å². The summed E-state index contributed by atoms with van der Waals surface area (Å²) in [6, 6.07) is 8.20. The maximum atomic E-state index is 11.8. The van der Waals surface area contributed by atoms with Crippen LogP contribution in [0.1, 0.15) is 24.8 Å².